The van der Waals surface area contributed by atoms with Gasteiger partial charge in [-0.15, -0.1) is 0 Å². The minimum atomic E-state index is -0.445. The predicted octanol–water partition coefficient (Wildman–Crippen LogP) is 3.43. The van der Waals surface area contributed by atoms with Gasteiger partial charge in [0.25, 0.3) is 0 Å². The summed E-state index contributed by atoms with van der Waals surface area (Å²) in [4.78, 5) is 23.8. The number of nitrogens with one attached hydrogen (secondary N) is 2. The van der Waals surface area contributed by atoms with Crippen molar-refractivity contribution in [1.29, 1.82) is 0 Å². The van der Waals surface area contributed by atoms with Crippen LogP contribution in [0.2, 0.25) is 0 Å². The molecule has 0 aliphatic heterocycles. The molecule has 0 fully saturated rings. The van der Waals surface area contributed by atoms with Gasteiger partial charge in [-0.3, -0.25) is 0 Å². The van der Waals surface area contributed by atoms with Crippen molar-refractivity contribution >= 4 is 23.4 Å². The fourth-order valence-corrected chi connectivity index (χ4v) is 2.09. The van der Waals surface area contributed by atoms with E-state index in [0.717, 1.165) is 0 Å². The molecule has 0 saturated carbocycles. The van der Waals surface area contributed by atoms with Crippen molar-refractivity contribution in [2.24, 2.45) is 0 Å². The SMILES string of the molecule is COC(=O)c1cccc(NC(=O)Nc2cccc(OC)c2)c1C. The number of esters is 1. The number of ether oxygens (including phenoxy) is 2. The highest BCUT2D eigenvalue weighted by molar-refractivity contribution is 6.02. The van der Waals surface area contributed by atoms with Gasteiger partial charge in [0.15, 0.2) is 0 Å². The predicted molar refractivity (Wildman–Crippen MR) is 88.2 cm³/mol. The molecule has 120 valence electrons. The quantitative estimate of drug-likeness (QED) is 0.848. The third-order valence-electron chi connectivity index (χ3n) is 3.31. The fraction of sp³-hybridized carbons (Fsp3) is 0.176. The molecule has 2 N–H and O–H groups in total. The largest absolute Gasteiger partial charge is 0.497 e. The van der Waals surface area contributed by atoms with Gasteiger partial charge in [0.05, 0.1) is 19.8 Å². The second kappa shape index (κ2) is 7.31. The number of benzene rings is 2. The first-order valence-electron chi connectivity index (χ1n) is 6.95. The number of carbonyl (C=O) groups excluding carboxylic acids is 2. The molecule has 0 saturated heterocycles. The highest BCUT2D eigenvalue weighted by Gasteiger charge is 2.13. The summed E-state index contributed by atoms with van der Waals surface area (Å²) in [7, 11) is 2.87. The highest BCUT2D eigenvalue weighted by atomic mass is 16.5. The smallest absolute Gasteiger partial charge is 0.338 e. The molecule has 0 spiro atoms. The van der Waals surface area contributed by atoms with Crippen LogP contribution in [0.1, 0.15) is 15.9 Å². The van der Waals surface area contributed by atoms with Crippen LogP contribution in [0.15, 0.2) is 42.5 Å². The number of urea groups is 1. The first kappa shape index (κ1) is 16.4. The topological polar surface area (TPSA) is 76.7 Å². The van der Waals surface area contributed by atoms with E-state index >= 15 is 0 Å². The Hall–Kier alpha value is -3.02. The van der Waals surface area contributed by atoms with Crippen molar-refractivity contribution in [3.8, 4) is 5.75 Å². The zero-order valence-electron chi connectivity index (χ0n) is 13.2. The van der Waals surface area contributed by atoms with Crippen LogP contribution in [-0.4, -0.2) is 26.2 Å². The monoisotopic (exact) mass is 314 g/mol. The van der Waals surface area contributed by atoms with E-state index in [1.807, 2.05) is 0 Å². The van der Waals surface area contributed by atoms with Crippen molar-refractivity contribution in [3.05, 3.63) is 53.6 Å². The lowest BCUT2D eigenvalue weighted by Crippen LogP contribution is -2.20. The molecule has 0 radical (unpaired) electrons. The molecule has 0 aliphatic carbocycles. The van der Waals surface area contributed by atoms with E-state index < -0.39 is 12.0 Å². The highest BCUT2D eigenvalue weighted by Crippen LogP contribution is 2.21. The summed E-state index contributed by atoms with van der Waals surface area (Å²) in [5, 5.41) is 5.43. The number of rotatable bonds is 4. The number of hydrogen-bond donors (Lipinski definition) is 2. The average Bonchev–Trinajstić information content (AvgIpc) is 2.56. The lowest BCUT2D eigenvalue weighted by molar-refractivity contribution is 0.0600. The molecule has 2 amide bonds. The molecule has 6 nitrogen and oxygen atoms in total. The van der Waals surface area contributed by atoms with E-state index in [-0.39, 0.29) is 0 Å². The fourth-order valence-electron chi connectivity index (χ4n) is 2.09. The zero-order valence-corrected chi connectivity index (χ0v) is 13.2. The summed E-state index contributed by atoms with van der Waals surface area (Å²) in [6, 6.07) is 11.6. The summed E-state index contributed by atoms with van der Waals surface area (Å²) in [5.74, 6) is 0.200. The van der Waals surface area contributed by atoms with Crippen molar-refractivity contribution in [2.45, 2.75) is 6.92 Å². The molecule has 0 heterocycles. The van der Waals surface area contributed by atoms with Gasteiger partial charge in [-0.1, -0.05) is 12.1 Å². The molecule has 2 rings (SSSR count). The number of anilines is 2. The standard InChI is InChI=1S/C17H18N2O4/c1-11-14(16(20)23-3)8-5-9-15(11)19-17(21)18-12-6-4-7-13(10-12)22-2/h4-10H,1-3H3,(H2,18,19,21). The third kappa shape index (κ3) is 4.00. The summed E-state index contributed by atoms with van der Waals surface area (Å²) in [5.41, 5.74) is 2.18. The van der Waals surface area contributed by atoms with Crippen molar-refractivity contribution in [3.63, 3.8) is 0 Å². The van der Waals surface area contributed by atoms with Crippen LogP contribution in [0.5, 0.6) is 5.75 Å². The van der Waals surface area contributed by atoms with Crippen LogP contribution in [0, 0.1) is 6.92 Å². The Balaban J connectivity index is 2.12. The Morgan fingerprint density at radius 3 is 2.43 bits per heavy atom. The van der Waals surface area contributed by atoms with Gasteiger partial charge in [0, 0.05) is 17.4 Å². The van der Waals surface area contributed by atoms with Gasteiger partial charge >= 0.3 is 12.0 Å². The number of hydrogen-bond acceptors (Lipinski definition) is 4. The van der Waals surface area contributed by atoms with Crippen molar-refractivity contribution in [2.75, 3.05) is 24.9 Å². The Labute approximate surface area is 134 Å². The van der Waals surface area contributed by atoms with Gasteiger partial charge in [-0.2, -0.15) is 0 Å². The molecular formula is C17H18N2O4. The summed E-state index contributed by atoms with van der Waals surface area (Å²) < 4.78 is 9.82. The first-order chi connectivity index (χ1) is 11.0. The van der Waals surface area contributed by atoms with Gasteiger partial charge in [0.2, 0.25) is 0 Å². The van der Waals surface area contributed by atoms with Crippen LogP contribution in [0.25, 0.3) is 0 Å². The number of carbonyl (C=O) groups is 2. The molecule has 0 bridgehead atoms. The molecule has 2 aromatic carbocycles. The Morgan fingerprint density at radius 2 is 1.74 bits per heavy atom. The van der Waals surface area contributed by atoms with Gasteiger partial charge in [-0.05, 0) is 36.8 Å². The van der Waals surface area contributed by atoms with Crippen LogP contribution in [0.4, 0.5) is 16.2 Å². The second-order valence-corrected chi connectivity index (χ2v) is 4.78. The molecule has 0 aromatic heterocycles. The Bertz CT molecular complexity index is 728. The molecule has 23 heavy (non-hydrogen) atoms. The molecule has 0 aliphatic rings. The van der Waals surface area contributed by atoms with Gasteiger partial charge in [-0.25, -0.2) is 9.59 Å². The van der Waals surface area contributed by atoms with E-state index in [4.69, 9.17) is 9.47 Å². The molecule has 6 heteroatoms. The van der Waals surface area contributed by atoms with E-state index in [1.54, 1.807) is 56.5 Å². The maximum absolute atomic E-state index is 12.1. The van der Waals surface area contributed by atoms with Crippen LogP contribution >= 0.6 is 0 Å². The van der Waals surface area contributed by atoms with Gasteiger partial charge < -0.3 is 20.1 Å². The maximum atomic E-state index is 12.1. The Morgan fingerprint density at radius 1 is 1.00 bits per heavy atom. The van der Waals surface area contributed by atoms with E-state index in [9.17, 15) is 9.59 Å². The number of amides is 2. The first-order valence-corrected chi connectivity index (χ1v) is 6.95. The van der Waals surface area contributed by atoms with Crippen molar-refractivity contribution < 1.29 is 19.1 Å². The summed E-state index contributed by atoms with van der Waals surface area (Å²) >= 11 is 0. The van der Waals surface area contributed by atoms with E-state index in [0.29, 0.717) is 28.3 Å². The lowest BCUT2D eigenvalue weighted by atomic mass is 10.1. The minimum absolute atomic E-state index is 0.409. The van der Waals surface area contributed by atoms with Gasteiger partial charge in [0.1, 0.15) is 5.75 Å². The Kier molecular flexibility index (Phi) is 5.19. The zero-order chi connectivity index (χ0) is 16.8. The molecule has 2 aromatic rings. The summed E-state index contributed by atoms with van der Waals surface area (Å²) in [6.07, 6.45) is 0. The van der Waals surface area contributed by atoms with Crippen LogP contribution in [0.3, 0.4) is 0 Å². The van der Waals surface area contributed by atoms with Crippen LogP contribution < -0.4 is 15.4 Å². The third-order valence-corrected chi connectivity index (χ3v) is 3.31. The van der Waals surface area contributed by atoms with E-state index in [1.165, 1.54) is 7.11 Å². The molecular weight excluding hydrogens is 296 g/mol. The summed E-state index contributed by atoms with van der Waals surface area (Å²) in [6.45, 7) is 1.74. The lowest BCUT2D eigenvalue weighted by Gasteiger charge is -2.12. The minimum Gasteiger partial charge on any atom is -0.497 e. The molecule has 0 atom stereocenters. The number of methoxy groups -OCH3 is 2. The van der Waals surface area contributed by atoms with Crippen LogP contribution in [-0.2, 0) is 4.74 Å². The normalized spacial score (nSPS) is 9.87. The average molecular weight is 314 g/mol. The maximum Gasteiger partial charge on any atom is 0.338 e. The van der Waals surface area contributed by atoms with Crippen molar-refractivity contribution in [1.82, 2.24) is 0 Å². The van der Waals surface area contributed by atoms with E-state index in [2.05, 4.69) is 10.6 Å². The molecule has 0 unspecified atom stereocenters. The second-order valence-electron chi connectivity index (χ2n) is 4.78.